The molecule has 0 amide bonds. The average molecular weight is 452 g/mol. The van der Waals surface area contributed by atoms with Crippen molar-refractivity contribution in [2.24, 2.45) is 0 Å². The number of carbonyl (C=O) groups excluding carboxylic acids is 1. The predicted octanol–water partition coefficient (Wildman–Crippen LogP) is 3.38. The summed E-state index contributed by atoms with van der Waals surface area (Å²) in [4.78, 5) is 16.5. The van der Waals surface area contributed by atoms with Crippen molar-refractivity contribution in [1.82, 2.24) is 19.3 Å². The van der Waals surface area contributed by atoms with Gasteiger partial charge in [0.15, 0.2) is 11.5 Å². The van der Waals surface area contributed by atoms with E-state index in [1.807, 2.05) is 0 Å². The Morgan fingerprint density at radius 1 is 1.23 bits per heavy atom. The van der Waals surface area contributed by atoms with Crippen molar-refractivity contribution in [3.8, 4) is 0 Å². The van der Waals surface area contributed by atoms with Crippen LogP contribution in [0.2, 0.25) is 5.02 Å². The highest BCUT2D eigenvalue weighted by molar-refractivity contribution is 7.89. The van der Waals surface area contributed by atoms with Crippen molar-refractivity contribution >= 4 is 44.7 Å². The third kappa shape index (κ3) is 4.55. The summed E-state index contributed by atoms with van der Waals surface area (Å²) in [7, 11) is -3.91. The maximum atomic E-state index is 12.8. The Bertz CT molecular complexity index is 1200. The molecule has 1 aromatic carbocycles. The molecule has 0 atom stereocenters. The second-order valence-electron chi connectivity index (χ2n) is 7.45. The van der Waals surface area contributed by atoms with Gasteiger partial charge >= 0.3 is 5.97 Å². The number of sulfonamides is 1. The summed E-state index contributed by atoms with van der Waals surface area (Å²) in [5.41, 5.74) is -0.0595. The lowest BCUT2D eigenvalue weighted by molar-refractivity contribution is 0.0526. The highest BCUT2D eigenvalue weighted by Crippen LogP contribution is 2.29. The van der Waals surface area contributed by atoms with Gasteiger partial charge in [0.1, 0.15) is 10.5 Å². The lowest BCUT2D eigenvalue weighted by Gasteiger charge is -2.19. The van der Waals surface area contributed by atoms with Crippen molar-refractivity contribution in [1.29, 1.82) is 0 Å². The first-order chi connectivity index (χ1) is 14.0. The van der Waals surface area contributed by atoms with Crippen LogP contribution in [0.25, 0.3) is 5.65 Å². The summed E-state index contributed by atoms with van der Waals surface area (Å²) in [5, 5.41) is 7.62. The molecule has 0 bridgehead atoms. The van der Waals surface area contributed by atoms with Crippen molar-refractivity contribution in [3.05, 3.63) is 47.2 Å². The van der Waals surface area contributed by atoms with Gasteiger partial charge in [-0.15, -0.1) is 0 Å². The van der Waals surface area contributed by atoms with Gasteiger partial charge < -0.3 is 10.1 Å². The molecule has 0 aliphatic heterocycles. The van der Waals surface area contributed by atoms with Gasteiger partial charge in [0.2, 0.25) is 10.0 Å². The van der Waals surface area contributed by atoms with Crippen LogP contribution in [0, 0.1) is 0 Å². The van der Waals surface area contributed by atoms with Crippen LogP contribution in [0.15, 0.2) is 41.6 Å². The summed E-state index contributed by atoms with van der Waals surface area (Å²) in [6, 6.07) is 6.92. The normalized spacial score (nSPS) is 12.2. The van der Waals surface area contributed by atoms with Crippen molar-refractivity contribution in [2.75, 3.05) is 11.9 Å². The molecule has 3 rings (SSSR count). The van der Waals surface area contributed by atoms with Gasteiger partial charge in [-0.05, 0) is 39.8 Å². The molecule has 2 N–H and O–H groups in total. The minimum absolute atomic E-state index is 0.0503. The summed E-state index contributed by atoms with van der Waals surface area (Å²) in [6.45, 7) is 7.03. The number of rotatable bonds is 6. The van der Waals surface area contributed by atoms with Crippen LogP contribution in [0.1, 0.15) is 38.1 Å². The van der Waals surface area contributed by atoms with E-state index < -0.39 is 21.5 Å². The number of ether oxygens (including phenoxy) is 1. The van der Waals surface area contributed by atoms with E-state index in [2.05, 4.69) is 20.1 Å². The standard InChI is InChI=1S/C19H22ClN5O4S/c1-5-29-18(26)12-10-21-17-15(30(27,28)24-19(2,3)4)11-22-25(17)16(12)23-14-9-7-6-8-13(14)20/h6-11,23-24H,5H2,1-4H3. The van der Waals surface area contributed by atoms with Crippen LogP contribution in [0.5, 0.6) is 0 Å². The summed E-state index contributed by atoms with van der Waals surface area (Å²) in [5.74, 6) is -0.446. The van der Waals surface area contributed by atoms with E-state index in [4.69, 9.17) is 16.3 Å². The molecule has 0 radical (unpaired) electrons. The second kappa shape index (κ2) is 8.21. The molecule has 0 aliphatic rings. The average Bonchev–Trinajstić information content (AvgIpc) is 3.07. The molecule has 160 valence electrons. The van der Waals surface area contributed by atoms with Crippen molar-refractivity contribution in [2.45, 2.75) is 38.1 Å². The lowest BCUT2D eigenvalue weighted by atomic mass is 10.1. The van der Waals surface area contributed by atoms with Gasteiger partial charge in [-0.25, -0.2) is 22.9 Å². The number of hydrogen-bond donors (Lipinski definition) is 2. The number of para-hydroxylation sites is 1. The smallest absolute Gasteiger partial charge is 0.343 e. The number of esters is 1. The van der Waals surface area contributed by atoms with E-state index >= 15 is 0 Å². The van der Waals surface area contributed by atoms with Gasteiger partial charge in [-0.3, -0.25) is 0 Å². The fourth-order valence-corrected chi connectivity index (χ4v) is 4.39. The molecule has 0 unspecified atom stereocenters. The van der Waals surface area contributed by atoms with E-state index in [-0.39, 0.29) is 28.5 Å². The molecule has 11 heteroatoms. The molecular formula is C19H22ClN5O4S. The van der Waals surface area contributed by atoms with Crippen LogP contribution in [-0.4, -0.2) is 41.1 Å². The number of halogens is 1. The molecule has 0 spiro atoms. The maximum absolute atomic E-state index is 12.8. The van der Waals surface area contributed by atoms with Gasteiger partial charge in [0.25, 0.3) is 0 Å². The Hall–Kier alpha value is -2.69. The monoisotopic (exact) mass is 451 g/mol. The van der Waals surface area contributed by atoms with Crippen LogP contribution in [0.3, 0.4) is 0 Å². The molecular weight excluding hydrogens is 430 g/mol. The third-order valence-electron chi connectivity index (χ3n) is 3.85. The molecule has 3 aromatic rings. The zero-order valence-electron chi connectivity index (χ0n) is 16.9. The molecule has 2 aromatic heterocycles. The van der Waals surface area contributed by atoms with Crippen LogP contribution in [0.4, 0.5) is 11.5 Å². The lowest BCUT2D eigenvalue weighted by Crippen LogP contribution is -2.40. The van der Waals surface area contributed by atoms with E-state index in [1.54, 1.807) is 52.0 Å². The minimum atomic E-state index is -3.91. The molecule has 0 saturated carbocycles. The highest BCUT2D eigenvalue weighted by atomic mass is 35.5. The van der Waals surface area contributed by atoms with Gasteiger partial charge in [0, 0.05) is 11.7 Å². The summed E-state index contributed by atoms with van der Waals surface area (Å²) in [6.07, 6.45) is 2.44. The zero-order chi connectivity index (χ0) is 22.1. The van der Waals surface area contributed by atoms with E-state index in [0.29, 0.717) is 10.7 Å². The number of carbonyl (C=O) groups is 1. The number of hydrogen-bond acceptors (Lipinski definition) is 7. The molecule has 9 nitrogen and oxygen atoms in total. The predicted molar refractivity (Wildman–Crippen MR) is 114 cm³/mol. The Labute approximate surface area is 179 Å². The topological polar surface area (TPSA) is 115 Å². The quantitative estimate of drug-likeness (QED) is 0.552. The number of aromatic nitrogens is 3. The van der Waals surface area contributed by atoms with Crippen molar-refractivity contribution in [3.63, 3.8) is 0 Å². The fraction of sp³-hybridized carbons (Fsp3) is 0.316. The summed E-state index contributed by atoms with van der Waals surface area (Å²) >= 11 is 6.24. The first-order valence-corrected chi connectivity index (χ1v) is 11.0. The Balaban J connectivity index is 2.20. The molecule has 0 saturated heterocycles. The molecule has 30 heavy (non-hydrogen) atoms. The van der Waals surface area contributed by atoms with Crippen molar-refractivity contribution < 1.29 is 17.9 Å². The SMILES string of the molecule is CCOC(=O)c1cnc2c(S(=O)(=O)NC(C)(C)C)cnn2c1Nc1ccccc1Cl. The van der Waals surface area contributed by atoms with Gasteiger partial charge in [0.05, 0.1) is 23.5 Å². The van der Waals surface area contributed by atoms with E-state index in [0.717, 1.165) is 0 Å². The zero-order valence-corrected chi connectivity index (χ0v) is 18.5. The number of fused-ring (bicyclic) bond motifs is 1. The molecule has 2 heterocycles. The maximum Gasteiger partial charge on any atom is 0.343 e. The number of nitrogens with zero attached hydrogens (tertiary/aromatic N) is 3. The second-order valence-corrected chi connectivity index (χ2v) is 9.50. The third-order valence-corrected chi connectivity index (χ3v) is 5.92. The first kappa shape index (κ1) is 22.0. The fourth-order valence-electron chi connectivity index (χ4n) is 2.73. The van der Waals surface area contributed by atoms with Gasteiger partial charge in [-0.2, -0.15) is 9.61 Å². The van der Waals surface area contributed by atoms with Crippen LogP contribution >= 0.6 is 11.6 Å². The minimum Gasteiger partial charge on any atom is -0.462 e. The Morgan fingerprint density at radius 3 is 2.57 bits per heavy atom. The molecule has 0 fully saturated rings. The molecule has 0 aliphatic carbocycles. The number of nitrogens with one attached hydrogen (secondary N) is 2. The van der Waals surface area contributed by atoms with E-state index in [9.17, 15) is 13.2 Å². The highest BCUT2D eigenvalue weighted by Gasteiger charge is 2.28. The summed E-state index contributed by atoms with van der Waals surface area (Å²) < 4.78 is 34.6. The van der Waals surface area contributed by atoms with Crippen LogP contribution < -0.4 is 10.0 Å². The van der Waals surface area contributed by atoms with Crippen LogP contribution in [-0.2, 0) is 14.8 Å². The Kier molecular flexibility index (Phi) is 6.02. The number of benzene rings is 1. The largest absolute Gasteiger partial charge is 0.462 e. The number of anilines is 2. The van der Waals surface area contributed by atoms with E-state index in [1.165, 1.54) is 16.9 Å². The first-order valence-electron chi connectivity index (χ1n) is 9.13. The Morgan fingerprint density at radius 2 is 1.93 bits per heavy atom. The van der Waals surface area contributed by atoms with Gasteiger partial charge in [-0.1, -0.05) is 23.7 Å².